The van der Waals surface area contributed by atoms with Crippen molar-refractivity contribution in [2.75, 3.05) is 0 Å². The Balaban J connectivity index is 1.83. The Morgan fingerprint density at radius 1 is 0.875 bits per heavy atom. The summed E-state index contributed by atoms with van der Waals surface area (Å²) in [6.07, 6.45) is 12.5. The molecule has 2 aromatic rings. The zero-order valence-corrected chi connectivity index (χ0v) is 15.6. The molecule has 0 radical (unpaired) electrons. The van der Waals surface area contributed by atoms with E-state index < -0.39 is 0 Å². The fraction of sp³-hybridized carbons (Fsp3) is 0.591. The van der Waals surface area contributed by atoms with Crippen molar-refractivity contribution >= 4 is 11.0 Å². The van der Waals surface area contributed by atoms with Gasteiger partial charge in [0.2, 0.25) is 0 Å². The van der Waals surface area contributed by atoms with Crippen LogP contribution in [-0.4, -0.2) is 0 Å². The van der Waals surface area contributed by atoms with E-state index in [0.29, 0.717) is 5.58 Å². The third-order valence-electron chi connectivity index (χ3n) is 4.97. The van der Waals surface area contributed by atoms with Gasteiger partial charge in [-0.2, -0.15) is 0 Å². The molecular weight excluding hydrogens is 296 g/mol. The van der Waals surface area contributed by atoms with E-state index in [1.54, 1.807) is 0 Å². The van der Waals surface area contributed by atoms with Gasteiger partial charge in [0.15, 0.2) is 0 Å². The van der Waals surface area contributed by atoms with Crippen molar-refractivity contribution in [3.8, 4) is 0 Å². The molecule has 132 valence electrons. The minimum absolute atomic E-state index is 0.148. The minimum atomic E-state index is -0.148. The summed E-state index contributed by atoms with van der Waals surface area (Å²) in [4.78, 5) is 12.3. The number of benzene rings is 1. The Morgan fingerprint density at radius 3 is 2.17 bits per heavy atom. The van der Waals surface area contributed by atoms with Gasteiger partial charge < -0.3 is 4.42 Å². The lowest BCUT2D eigenvalue weighted by Crippen LogP contribution is -2.10. The van der Waals surface area contributed by atoms with Crippen LogP contribution in [-0.2, 0) is 6.42 Å². The molecule has 0 N–H and O–H groups in total. The molecule has 0 aliphatic carbocycles. The van der Waals surface area contributed by atoms with Gasteiger partial charge in [0.1, 0.15) is 5.58 Å². The highest BCUT2D eigenvalue weighted by Crippen LogP contribution is 2.22. The molecule has 0 atom stereocenters. The van der Waals surface area contributed by atoms with Gasteiger partial charge in [-0.05, 0) is 43.9 Å². The van der Waals surface area contributed by atoms with Crippen LogP contribution in [0.25, 0.3) is 11.0 Å². The zero-order chi connectivity index (χ0) is 17.4. The molecule has 0 saturated carbocycles. The lowest BCUT2D eigenvalue weighted by atomic mass is 9.99. The maximum atomic E-state index is 12.3. The number of hydrogen-bond donors (Lipinski definition) is 0. The van der Waals surface area contributed by atoms with Crippen LogP contribution in [0.1, 0.15) is 81.4 Å². The summed E-state index contributed by atoms with van der Waals surface area (Å²) in [5, 5.41) is 1.08. The van der Waals surface area contributed by atoms with Gasteiger partial charge in [0, 0.05) is 10.9 Å². The summed E-state index contributed by atoms with van der Waals surface area (Å²) in [5.41, 5.74) is 3.66. The minimum Gasteiger partial charge on any atom is -0.423 e. The van der Waals surface area contributed by atoms with Gasteiger partial charge in [-0.15, -0.1) is 0 Å². The van der Waals surface area contributed by atoms with Crippen LogP contribution in [0.5, 0.6) is 0 Å². The molecule has 0 aliphatic heterocycles. The topological polar surface area (TPSA) is 30.2 Å². The summed E-state index contributed by atoms with van der Waals surface area (Å²) >= 11 is 0. The van der Waals surface area contributed by atoms with Crippen molar-refractivity contribution in [2.45, 2.75) is 85.0 Å². The first-order valence-electron chi connectivity index (χ1n) is 9.66. The predicted molar refractivity (Wildman–Crippen MR) is 103 cm³/mol. The van der Waals surface area contributed by atoms with Crippen molar-refractivity contribution in [3.63, 3.8) is 0 Å². The Kier molecular flexibility index (Phi) is 7.55. The second-order valence-electron chi connectivity index (χ2n) is 7.07. The lowest BCUT2D eigenvalue weighted by Gasteiger charge is -2.08. The van der Waals surface area contributed by atoms with Gasteiger partial charge >= 0.3 is 5.63 Å². The molecule has 1 aromatic heterocycles. The summed E-state index contributed by atoms with van der Waals surface area (Å²) in [6.45, 7) is 6.33. The van der Waals surface area contributed by atoms with Crippen LogP contribution in [0.15, 0.2) is 27.4 Å². The molecule has 2 heteroatoms. The smallest absolute Gasteiger partial charge is 0.339 e. The number of aryl methyl sites for hydroxylation is 2. The number of unbranched alkanes of at least 4 members (excludes halogenated alkanes) is 8. The van der Waals surface area contributed by atoms with E-state index in [1.165, 1.54) is 51.4 Å². The number of rotatable bonds is 10. The van der Waals surface area contributed by atoms with Crippen LogP contribution in [0.3, 0.4) is 0 Å². The van der Waals surface area contributed by atoms with Crippen LogP contribution in [0.2, 0.25) is 0 Å². The largest absolute Gasteiger partial charge is 0.423 e. The van der Waals surface area contributed by atoms with Crippen molar-refractivity contribution in [2.24, 2.45) is 0 Å². The first kappa shape index (κ1) is 18.8. The molecule has 0 bridgehead atoms. The zero-order valence-electron chi connectivity index (χ0n) is 15.6. The van der Waals surface area contributed by atoms with E-state index in [2.05, 4.69) is 26.0 Å². The fourth-order valence-electron chi connectivity index (χ4n) is 3.40. The molecular formula is C22H32O2. The standard InChI is InChI=1S/C22H32O2/c1-4-5-6-7-8-9-10-11-12-13-20-18(3)19-15-14-17(2)16-21(19)24-22(20)23/h14-16H,4-13H2,1-3H3. The van der Waals surface area contributed by atoms with Crippen LogP contribution >= 0.6 is 0 Å². The molecule has 1 heterocycles. The van der Waals surface area contributed by atoms with Crippen LogP contribution in [0.4, 0.5) is 0 Å². The maximum absolute atomic E-state index is 12.3. The fourth-order valence-corrected chi connectivity index (χ4v) is 3.40. The van der Waals surface area contributed by atoms with Crippen molar-refractivity contribution in [1.82, 2.24) is 0 Å². The summed E-state index contributed by atoms with van der Waals surface area (Å²) in [6, 6.07) is 6.10. The van der Waals surface area contributed by atoms with Crippen molar-refractivity contribution < 1.29 is 4.42 Å². The SMILES string of the molecule is CCCCCCCCCCCc1c(C)c2ccc(C)cc2oc1=O. The number of hydrogen-bond acceptors (Lipinski definition) is 2. The predicted octanol–water partition coefficient (Wildman–Crippen LogP) is 6.48. The van der Waals surface area contributed by atoms with Crippen LogP contribution in [0, 0.1) is 13.8 Å². The Bertz CT molecular complexity index is 697. The van der Waals surface area contributed by atoms with Gasteiger partial charge in [-0.25, -0.2) is 4.79 Å². The Morgan fingerprint density at radius 2 is 1.50 bits per heavy atom. The second kappa shape index (κ2) is 9.66. The van der Waals surface area contributed by atoms with E-state index in [9.17, 15) is 4.79 Å². The maximum Gasteiger partial charge on any atom is 0.339 e. The van der Waals surface area contributed by atoms with Gasteiger partial charge in [0.05, 0.1) is 0 Å². The highest BCUT2D eigenvalue weighted by atomic mass is 16.4. The average molecular weight is 328 g/mol. The molecule has 2 nitrogen and oxygen atoms in total. The van der Waals surface area contributed by atoms with E-state index in [4.69, 9.17) is 4.42 Å². The normalized spacial score (nSPS) is 11.3. The molecule has 0 spiro atoms. The molecule has 0 unspecified atom stereocenters. The van der Waals surface area contributed by atoms with Gasteiger partial charge in [0.25, 0.3) is 0 Å². The van der Waals surface area contributed by atoms with Gasteiger partial charge in [-0.3, -0.25) is 0 Å². The van der Waals surface area contributed by atoms with Crippen molar-refractivity contribution in [3.05, 3.63) is 45.3 Å². The second-order valence-corrected chi connectivity index (χ2v) is 7.07. The van der Waals surface area contributed by atoms with Crippen molar-refractivity contribution in [1.29, 1.82) is 0 Å². The first-order chi connectivity index (χ1) is 11.6. The quantitative estimate of drug-likeness (QED) is 0.369. The lowest BCUT2D eigenvalue weighted by molar-refractivity contribution is 0.536. The molecule has 0 aliphatic rings. The molecule has 2 rings (SSSR count). The monoisotopic (exact) mass is 328 g/mol. The highest BCUT2D eigenvalue weighted by molar-refractivity contribution is 5.81. The van der Waals surface area contributed by atoms with Gasteiger partial charge in [-0.1, -0.05) is 70.4 Å². The van der Waals surface area contributed by atoms with E-state index in [1.807, 2.05) is 13.0 Å². The van der Waals surface area contributed by atoms with E-state index in [0.717, 1.165) is 34.9 Å². The Labute approximate surface area is 146 Å². The third kappa shape index (κ3) is 5.22. The molecule has 0 amide bonds. The summed E-state index contributed by atoms with van der Waals surface area (Å²) < 4.78 is 5.53. The number of fused-ring (bicyclic) bond motifs is 1. The summed E-state index contributed by atoms with van der Waals surface area (Å²) in [7, 11) is 0. The van der Waals surface area contributed by atoms with Crippen LogP contribution < -0.4 is 5.63 Å². The molecule has 24 heavy (non-hydrogen) atoms. The Hall–Kier alpha value is -1.57. The third-order valence-corrected chi connectivity index (χ3v) is 4.97. The molecule has 1 aromatic carbocycles. The van der Waals surface area contributed by atoms with E-state index in [-0.39, 0.29) is 5.63 Å². The van der Waals surface area contributed by atoms with E-state index >= 15 is 0 Å². The first-order valence-corrected chi connectivity index (χ1v) is 9.66. The molecule has 0 fully saturated rings. The highest BCUT2D eigenvalue weighted by Gasteiger charge is 2.11. The molecule has 0 saturated heterocycles. The summed E-state index contributed by atoms with van der Waals surface area (Å²) in [5.74, 6) is 0. The average Bonchev–Trinajstić information content (AvgIpc) is 2.55.